The molecule has 1 aliphatic carbocycles. The lowest BCUT2D eigenvalue weighted by molar-refractivity contribution is -0.138. The summed E-state index contributed by atoms with van der Waals surface area (Å²) in [5.41, 5.74) is 6.37. The van der Waals surface area contributed by atoms with E-state index in [1.54, 1.807) is 44.3 Å². The maximum atomic E-state index is 11.7. The Bertz CT molecular complexity index is 468. The number of amides is 1. The maximum absolute atomic E-state index is 11.7. The number of anilines is 1. The highest BCUT2D eigenvalue weighted by molar-refractivity contribution is 5.79. The summed E-state index contributed by atoms with van der Waals surface area (Å²) in [6.45, 7) is 0. The number of nitrogens with two attached hydrogens (primary N) is 1. The molecule has 0 saturated heterocycles. The van der Waals surface area contributed by atoms with Crippen molar-refractivity contribution >= 4 is 11.6 Å². The van der Waals surface area contributed by atoms with Crippen LogP contribution < -0.4 is 15.2 Å². The number of ether oxygens (including phenoxy) is 2. The lowest BCUT2D eigenvalue weighted by Gasteiger charge is -2.35. The van der Waals surface area contributed by atoms with Crippen molar-refractivity contribution in [2.24, 2.45) is 5.92 Å². The molecule has 0 aliphatic heterocycles. The van der Waals surface area contributed by atoms with Crippen molar-refractivity contribution in [2.45, 2.75) is 18.9 Å². The molecule has 104 valence electrons. The van der Waals surface area contributed by atoms with Gasteiger partial charge >= 0.3 is 0 Å². The molecule has 0 atom stereocenters. The van der Waals surface area contributed by atoms with E-state index in [9.17, 15) is 4.79 Å². The van der Waals surface area contributed by atoms with Crippen LogP contribution in [0.4, 0.5) is 5.69 Å². The smallest absolute Gasteiger partial charge is 0.225 e. The third-order valence-electron chi connectivity index (χ3n) is 3.37. The molecular weight excluding hydrogens is 244 g/mol. The molecule has 2 rings (SSSR count). The molecule has 5 nitrogen and oxygen atoms in total. The summed E-state index contributed by atoms with van der Waals surface area (Å²) >= 11 is 0. The van der Waals surface area contributed by atoms with E-state index in [1.807, 2.05) is 0 Å². The molecule has 0 heterocycles. The highest BCUT2D eigenvalue weighted by Crippen LogP contribution is 2.36. The van der Waals surface area contributed by atoms with E-state index < -0.39 is 0 Å². The fourth-order valence-corrected chi connectivity index (χ4v) is 2.19. The predicted molar refractivity (Wildman–Crippen MR) is 73.2 cm³/mol. The topological polar surface area (TPSA) is 64.8 Å². The van der Waals surface area contributed by atoms with Crippen LogP contribution >= 0.6 is 0 Å². The van der Waals surface area contributed by atoms with Crippen molar-refractivity contribution in [3.05, 3.63) is 18.2 Å². The molecule has 0 radical (unpaired) electrons. The van der Waals surface area contributed by atoms with Gasteiger partial charge in [-0.25, -0.2) is 0 Å². The molecule has 1 saturated carbocycles. The lowest BCUT2D eigenvalue weighted by atomic mass is 9.81. The Balaban J connectivity index is 1.94. The first-order chi connectivity index (χ1) is 9.01. The van der Waals surface area contributed by atoms with Crippen LogP contribution in [0.3, 0.4) is 0 Å². The Morgan fingerprint density at radius 2 is 2.00 bits per heavy atom. The van der Waals surface area contributed by atoms with Gasteiger partial charge in [-0.3, -0.25) is 4.79 Å². The number of nitrogen functional groups attached to an aromatic ring is 1. The van der Waals surface area contributed by atoms with Crippen LogP contribution in [0, 0.1) is 5.92 Å². The van der Waals surface area contributed by atoms with E-state index in [2.05, 4.69) is 0 Å². The van der Waals surface area contributed by atoms with Gasteiger partial charge in [-0.15, -0.1) is 0 Å². The highest BCUT2D eigenvalue weighted by Gasteiger charge is 2.37. The predicted octanol–water partition coefficient (Wildman–Crippen LogP) is 1.52. The summed E-state index contributed by atoms with van der Waals surface area (Å²) in [4.78, 5) is 13.4. The van der Waals surface area contributed by atoms with Crippen LogP contribution in [-0.4, -0.2) is 38.1 Å². The number of rotatable bonds is 4. The van der Waals surface area contributed by atoms with Gasteiger partial charge < -0.3 is 20.1 Å². The SMILES string of the molecule is COc1ccc(N)cc1OC1CC(C(=O)N(C)C)C1. The van der Waals surface area contributed by atoms with Gasteiger partial charge in [0.2, 0.25) is 5.91 Å². The van der Waals surface area contributed by atoms with Gasteiger partial charge in [0.15, 0.2) is 11.5 Å². The van der Waals surface area contributed by atoms with E-state index in [1.165, 1.54) is 0 Å². The average Bonchev–Trinajstić information content (AvgIpc) is 2.32. The number of carbonyl (C=O) groups is 1. The number of hydrogen-bond acceptors (Lipinski definition) is 4. The standard InChI is InChI=1S/C14H20N2O3/c1-16(2)14(17)9-6-11(7-9)19-13-8-10(15)4-5-12(13)18-3/h4-5,8-9,11H,6-7,15H2,1-3H3. The van der Waals surface area contributed by atoms with Crippen molar-refractivity contribution < 1.29 is 14.3 Å². The quantitative estimate of drug-likeness (QED) is 0.837. The number of benzene rings is 1. The highest BCUT2D eigenvalue weighted by atomic mass is 16.5. The molecular formula is C14H20N2O3. The van der Waals surface area contributed by atoms with Crippen LogP contribution in [-0.2, 0) is 4.79 Å². The first-order valence-corrected chi connectivity index (χ1v) is 6.32. The molecule has 1 aromatic rings. The summed E-state index contributed by atoms with van der Waals surface area (Å²) in [6, 6.07) is 5.30. The van der Waals surface area contributed by atoms with Crippen molar-refractivity contribution in [3.8, 4) is 11.5 Å². The summed E-state index contributed by atoms with van der Waals surface area (Å²) in [5, 5.41) is 0. The molecule has 1 amide bonds. The second kappa shape index (κ2) is 5.38. The summed E-state index contributed by atoms with van der Waals surface area (Å²) in [7, 11) is 5.15. The second-order valence-corrected chi connectivity index (χ2v) is 5.05. The molecule has 1 aromatic carbocycles. The zero-order valence-electron chi connectivity index (χ0n) is 11.6. The molecule has 0 bridgehead atoms. The van der Waals surface area contributed by atoms with Gasteiger partial charge in [-0.2, -0.15) is 0 Å². The van der Waals surface area contributed by atoms with E-state index in [0.717, 1.165) is 12.8 Å². The minimum atomic E-state index is 0.0598. The Morgan fingerprint density at radius 1 is 1.32 bits per heavy atom. The maximum Gasteiger partial charge on any atom is 0.225 e. The molecule has 2 N–H and O–H groups in total. The van der Waals surface area contributed by atoms with Gasteiger partial charge in [0.05, 0.1) is 7.11 Å². The minimum Gasteiger partial charge on any atom is -0.493 e. The third-order valence-corrected chi connectivity index (χ3v) is 3.37. The van der Waals surface area contributed by atoms with Gasteiger partial charge in [0, 0.05) is 31.8 Å². The van der Waals surface area contributed by atoms with Crippen LogP contribution in [0.2, 0.25) is 0 Å². The summed E-state index contributed by atoms with van der Waals surface area (Å²) in [6.07, 6.45) is 1.55. The van der Waals surface area contributed by atoms with Crippen LogP contribution in [0.15, 0.2) is 18.2 Å². The molecule has 5 heteroatoms. The van der Waals surface area contributed by atoms with Gasteiger partial charge in [0.25, 0.3) is 0 Å². The number of hydrogen-bond donors (Lipinski definition) is 1. The summed E-state index contributed by atoms with van der Waals surface area (Å²) < 4.78 is 11.1. The van der Waals surface area contributed by atoms with E-state index in [0.29, 0.717) is 17.2 Å². The Labute approximate surface area is 113 Å². The average molecular weight is 264 g/mol. The van der Waals surface area contributed by atoms with E-state index in [4.69, 9.17) is 15.2 Å². The lowest BCUT2D eigenvalue weighted by Crippen LogP contribution is -2.43. The second-order valence-electron chi connectivity index (χ2n) is 5.05. The van der Waals surface area contributed by atoms with Crippen LogP contribution in [0.5, 0.6) is 11.5 Å². The monoisotopic (exact) mass is 264 g/mol. The zero-order valence-corrected chi connectivity index (χ0v) is 11.6. The van der Waals surface area contributed by atoms with Crippen LogP contribution in [0.25, 0.3) is 0 Å². The molecule has 0 aromatic heterocycles. The third kappa shape index (κ3) is 2.92. The Hall–Kier alpha value is -1.91. The molecule has 0 unspecified atom stereocenters. The number of methoxy groups -OCH3 is 1. The van der Waals surface area contributed by atoms with Gasteiger partial charge in [-0.1, -0.05) is 0 Å². The van der Waals surface area contributed by atoms with Crippen molar-refractivity contribution in [3.63, 3.8) is 0 Å². The van der Waals surface area contributed by atoms with Crippen LogP contribution in [0.1, 0.15) is 12.8 Å². The number of nitrogens with zero attached hydrogens (tertiary/aromatic N) is 1. The Kier molecular flexibility index (Phi) is 3.83. The van der Waals surface area contributed by atoms with Crippen molar-refractivity contribution in [2.75, 3.05) is 26.9 Å². The Morgan fingerprint density at radius 3 is 2.58 bits per heavy atom. The van der Waals surface area contributed by atoms with E-state index in [-0.39, 0.29) is 17.9 Å². The van der Waals surface area contributed by atoms with Gasteiger partial charge in [0.1, 0.15) is 6.10 Å². The van der Waals surface area contributed by atoms with Crippen molar-refractivity contribution in [1.82, 2.24) is 4.90 Å². The van der Waals surface area contributed by atoms with Gasteiger partial charge in [-0.05, 0) is 25.0 Å². The van der Waals surface area contributed by atoms with Crippen molar-refractivity contribution in [1.29, 1.82) is 0 Å². The fraction of sp³-hybridized carbons (Fsp3) is 0.500. The molecule has 19 heavy (non-hydrogen) atoms. The first kappa shape index (κ1) is 13.5. The first-order valence-electron chi connectivity index (χ1n) is 6.32. The number of carbonyl (C=O) groups excluding carboxylic acids is 1. The summed E-state index contributed by atoms with van der Waals surface area (Å²) in [5.74, 6) is 1.55. The fourth-order valence-electron chi connectivity index (χ4n) is 2.19. The zero-order chi connectivity index (χ0) is 14.0. The largest absolute Gasteiger partial charge is 0.493 e. The molecule has 1 fully saturated rings. The minimum absolute atomic E-state index is 0.0598. The van der Waals surface area contributed by atoms with E-state index >= 15 is 0 Å². The normalized spacial score (nSPS) is 21.4. The molecule has 1 aliphatic rings. The molecule has 0 spiro atoms.